The summed E-state index contributed by atoms with van der Waals surface area (Å²) in [5.74, 6) is 1.07. The summed E-state index contributed by atoms with van der Waals surface area (Å²) in [6.07, 6.45) is 3.19. The Bertz CT molecular complexity index is 596. The van der Waals surface area contributed by atoms with Gasteiger partial charge in [-0.25, -0.2) is 0 Å². The number of hydrogen-bond donors (Lipinski definition) is 0. The van der Waals surface area contributed by atoms with Crippen molar-refractivity contribution in [2.75, 3.05) is 6.61 Å². The molecule has 0 bridgehead atoms. The minimum atomic E-state index is 0.221. The van der Waals surface area contributed by atoms with Crippen LogP contribution in [0.3, 0.4) is 0 Å². The Kier molecular flexibility index (Phi) is 5.60. The summed E-state index contributed by atoms with van der Waals surface area (Å²) in [6.45, 7) is 4.36. The van der Waals surface area contributed by atoms with Crippen molar-refractivity contribution < 1.29 is 4.74 Å². The van der Waals surface area contributed by atoms with Gasteiger partial charge < -0.3 is 4.74 Å². The molecule has 2 aromatic rings. The number of nitrogens with zero attached hydrogens (tertiary/aromatic N) is 1. The molecule has 1 atom stereocenters. The molecule has 2 rings (SSSR count). The Labute approximate surface area is 126 Å². The summed E-state index contributed by atoms with van der Waals surface area (Å²) in [5, 5.41) is 8.61. The summed E-state index contributed by atoms with van der Waals surface area (Å²) in [6, 6.07) is 20.5. The lowest BCUT2D eigenvalue weighted by Crippen LogP contribution is -2.09. The molecule has 0 saturated carbocycles. The van der Waals surface area contributed by atoms with Gasteiger partial charge in [0.05, 0.1) is 12.7 Å². The van der Waals surface area contributed by atoms with E-state index in [1.54, 1.807) is 0 Å². The summed E-state index contributed by atoms with van der Waals surface area (Å²) in [4.78, 5) is 0. The summed E-state index contributed by atoms with van der Waals surface area (Å²) in [7, 11) is 0. The van der Waals surface area contributed by atoms with Crippen LogP contribution in [-0.4, -0.2) is 6.61 Å². The third-order valence-electron chi connectivity index (χ3n) is 3.39. The molecule has 2 heteroatoms. The lowest BCUT2D eigenvalue weighted by Gasteiger charge is -2.12. The molecule has 2 nitrogen and oxygen atoms in total. The van der Waals surface area contributed by atoms with Crippen molar-refractivity contribution in [1.29, 1.82) is 5.26 Å². The molecule has 1 unspecified atom stereocenters. The number of benzene rings is 2. The van der Waals surface area contributed by atoms with Crippen LogP contribution in [0.1, 0.15) is 12.8 Å². The van der Waals surface area contributed by atoms with Crippen LogP contribution >= 0.6 is 0 Å². The fourth-order valence-electron chi connectivity index (χ4n) is 2.10. The van der Waals surface area contributed by atoms with Crippen LogP contribution in [0.15, 0.2) is 67.3 Å². The molecule has 0 aliphatic rings. The van der Waals surface area contributed by atoms with Crippen molar-refractivity contribution in [1.82, 2.24) is 0 Å². The van der Waals surface area contributed by atoms with E-state index in [2.05, 4.69) is 36.9 Å². The summed E-state index contributed by atoms with van der Waals surface area (Å²) in [5.41, 5.74) is 2.37. The van der Waals surface area contributed by atoms with E-state index in [1.807, 2.05) is 36.4 Å². The van der Waals surface area contributed by atoms with Crippen molar-refractivity contribution in [2.45, 2.75) is 12.8 Å². The molecule has 0 amide bonds. The predicted octanol–water partition coefficient (Wildman–Crippen LogP) is 4.84. The van der Waals surface area contributed by atoms with E-state index in [4.69, 9.17) is 10.00 Å². The van der Waals surface area contributed by atoms with E-state index in [9.17, 15) is 0 Å². The maximum Gasteiger partial charge on any atom is 0.119 e. The lowest BCUT2D eigenvalue weighted by atomic mass is 10.0. The SMILES string of the molecule is C=CC(CCC#N)COc1ccc(-c2ccccc2)cc1. The van der Waals surface area contributed by atoms with Crippen LogP contribution in [0.2, 0.25) is 0 Å². The van der Waals surface area contributed by atoms with Crippen molar-refractivity contribution >= 4 is 0 Å². The molecule has 2 aromatic carbocycles. The van der Waals surface area contributed by atoms with Gasteiger partial charge >= 0.3 is 0 Å². The van der Waals surface area contributed by atoms with Gasteiger partial charge in [0.25, 0.3) is 0 Å². The molecule has 0 aromatic heterocycles. The van der Waals surface area contributed by atoms with Gasteiger partial charge in [0.1, 0.15) is 5.75 Å². The normalized spacial score (nSPS) is 11.4. The van der Waals surface area contributed by atoms with E-state index >= 15 is 0 Å². The number of nitriles is 1. The Morgan fingerprint density at radius 1 is 1.05 bits per heavy atom. The zero-order valence-electron chi connectivity index (χ0n) is 12.0. The maximum absolute atomic E-state index is 8.61. The second-order valence-electron chi connectivity index (χ2n) is 4.89. The molecule has 21 heavy (non-hydrogen) atoms. The third-order valence-corrected chi connectivity index (χ3v) is 3.39. The molecule has 106 valence electrons. The highest BCUT2D eigenvalue weighted by atomic mass is 16.5. The van der Waals surface area contributed by atoms with E-state index in [0.29, 0.717) is 13.0 Å². The second-order valence-corrected chi connectivity index (χ2v) is 4.89. The van der Waals surface area contributed by atoms with Crippen LogP contribution in [-0.2, 0) is 0 Å². The first kappa shape index (κ1) is 14.9. The topological polar surface area (TPSA) is 33.0 Å². The molecule has 0 fully saturated rings. The molecule has 0 aliphatic carbocycles. The molecule has 0 aliphatic heterocycles. The van der Waals surface area contributed by atoms with Gasteiger partial charge in [0, 0.05) is 12.3 Å². The lowest BCUT2D eigenvalue weighted by molar-refractivity contribution is 0.270. The minimum absolute atomic E-state index is 0.221. The van der Waals surface area contributed by atoms with E-state index < -0.39 is 0 Å². The van der Waals surface area contributed by atoms with Gasteiger partial charge in [-0.2, -0.15) is 5.26 Å². The highest BCUT2D eigenvalue weighted by Gasteiger charge is 2.05. The van der Waals surface area contributed by atoms with Crippen LogP contribution in [0, 0.1) is 17.2 Å². The number of ether oxygens (including phenoxy) is 1. The molecule has 0 saturated heterocycles. The zero-order chi connectivity index (χ0) is 14.9. The average molecular weight is 277 g/mol. The predicted molar refractivity (Wildman–Crippen MR) is 85.9 cm³/mol. The molecule has 0 radical (unpaired) electrons. The Hall–Kier alpha value is -2.53. The van der Waals surface area contributed by atoms with Gasteiger partial charge in [-0.1, -0.05) is 48.5 Å². The van der Waals surface area contributed by atoms with Crippen molar-refractivity contribution in [2.24, 2.45) is 5.92 Å². The summed E-state index contributed by atoms with van der Waals surface area (Å²) >= 11 is 0. The van der Waals surface area contributed by atoms with Crippen molar-refractivity contribution in [3.8, 4) is 22.9 Å². The van der Waals surface area contributed by atoms with E-state index in [1.165, 1.54) is 11.1 Å². The standard InChI is InChI=1S/C19H19NO/c1-2-16(7-6-14-20)15-21-19-12-10-18(11-13-19)17-8-4-3-5-9-17/h2-5,8-13,16H,1,6-7,15H2. The minimum Gasteiger partial charge on any atom is -0.493 e. The second kappa shape index (κ2) is 7.91. The fourth-order valence-corrected chi connectivity index (χ4v) is 2.10. The van der Waals surface area contributed by atoms with Gasteiger partial charge in [0.2, 0.25) is 0 Å². The van der Waals surface area contributed by atoms with Crippen molar-refractivity contribution in [3.05, 3.63) is 67.3 Å². The first-order chi connectivity index (χ1) is 10.3. The van der Waals surface area contributed by atoms with E-state index in [0.717, 1.165) is 12.2 Å². The molecule has 0 N–H and O–H groups in total. The van der Waals surface area contributed by atoms with Crippen LogP contribution in [0.5, 0.6) is 5.75 Å². The Morgan fingerprint density at radius 2 is 1.71 bits per heavy atom. The van der Waals surface area contributed by atoms with Crippen LogP contribution < -0.4 is 4.74 Å². The first-order valence-electron chi connectivity index (χ1n) is 7.11. The van der Waals surface area contributed by atoms with Gasteiger partial charge in [-0.05, 0) is 29.7 Å². The van der Waals surface area contributed by atoms with E-state index in [-0.39, 0.29) is 5.92 Å². The molecule has 0 heterocycles. The third kappa shape index (κ3) is 4.50. The van der Waals surface area contributed by atoms with Gasteiger partial charge in [-0.3, -0.25) is 0 Å². The fraction of sp³-hybridized carbons (Fsp3) is 0.211. The Morgan fingerprint density at radius 3 is 2.33 bits per heavy atom. The number of hydrogen-bond acceptors (Lipinski definition) is 2. The van der Waals surface area contributed by atoms with Gasteiger partial charge in [0.15, 0.2) is 0 Å². The zero-order valence-corrected chi connectivity index (χ0v) is 12.0. The molecular weight excluding hydrogens is 258 g/mol. The largest absolute Gasteiger partial charge is 0.493 e. The first-order valence-corrected chi connectivity index (χ1v) is 7.11. The monoisotopic (exact) mass is 277 g/mol. The Balaban J connectivity index is 1.94. The highest BCUT2D eigenvalue weighted by Crippen LogP contribution is 2.22. The van der Waals surface area contributed by atoms with Crippen LogP contribution in [0.4, 0.5) is 0 Å². The quantitative estimate of drug-likeness (QED) is 0.678. The molecule has 0 spiro atoms. The van der Waals surface area contributed by atoms with Crippen LogP contribution in [0.25, 0.3) is 11.1 Å². The number of rotatable bonds is 7. The van der Waals surface area contributed by atoms with Gasteiger partial charge in [-0.15, -0.1) is 6.58 Å². The summed E-state index contributed by atoms with van der Waals surface area (Å²) < 4.78 is 5.77. The smallest absolute Gasteiger partial charge is 0.119 e. The average Bonchev–Trinajstić information content (AvgIpc) is 2.56. The highest BCUT2D eigenvalue weighted by molar-refractivity contribution is 5.63. The van der Waals surface area contributed by atoms with Crippen molar-refractivity contribution in [3.63, 3.8) is 0 Å². The maximum atomic E-state index is 8.61. The molecular formula is C19H19NO.